The summed E-state index contributed by atoms with van der Waals surface area (Å²) in [6.07, 6.45) is 7.64. The first-order chi connectivity index (χ1) is 9.20. The Morgan fingerprint density at radius 3 is 2.63 bits per heavy atom. The highest BCUT2D eigenvalue weighted by molar-refractivity contribution is 5.83. The number of rotatable bonds is 2. The second-order valence-corrected chi connectivity index (χ2v) is 5.59. The summed E-state index contributed by atoms with van der Waals surface area (Å²) in [4.78, 5) is 14.0. The molecule has 108 valence electrons. The summed E-state index contributed by atoms with van der Waals surface area (Å²) in [7, 11) is 0. The number of carbonyl (C=O) groups is 1. The lowest BCUT2D eigenvalue weighted by Crippen LogP contribution is -2.50. The predicted octanol–water partition coefficient (Wildman–Crippen LogP) is 1.49. The van der Waals surface area contributed by atoms with E-state index in [0.29, 0.717) is 12.6 Å². The third-order valence-corrected chi connectivity index (χ3v) is 4.18. The van der Waals surface area contributed by atoms with E-state index < -0.39 is 0 Å². The topological polar surface area (TPSA) is 91.0 Å². The molecule has 1 heterocycles. The number of hydrogen-bond acceptors (Lipinski definition) is 3. The SMILES string of the molecule is NC(=NO)C1CCCN(C(=O)NC2CCCCC2)C1. The lowest BCUT2D eigenvalue weighted by molar-refractivity contribution is 0.170. The molecule has 1 aliphatic carbocycles. The number of hydrogen-bond donors (Lipinski definition) is 3. The number of urea groups is 1. The Balaban J connectivity index is 1.84. The molecule has 19 heavy (non-hydrogen) atoms. The zero-order valence-electron chi connectivity index (χ0n) is 11.3. The fourth-order valence-corrected chi connectivity index (χ4v) is 3.00. The van der Waals surface area contributed by atoms with Gasteiger partial charge in [-0.15, -0.1) is 0 Å². The quantitative estimate of drug-likeness (QED) is 0.307. The molecule has 1 saturated carbocycles. The highest BCUT2D eigenvalue weighted by Crippen LogP contribution is 2.19. The number of piperidine rings is 1. The Bertz CT molecular complexity index is 340. The van der Waals surface area contributed by atoms with Gasteiger partial charge in [-0.1, -0.05) is 24.4 Å². The average molecular weight is 268 g/mol. The van der Waals surface area contributed by atoms with Gasteiger partial charge in [0.05, 0.1) is 0 Å². The van der Waals surface area contributed by atoms with Gasteiger partial charge in [0.1, 0.15) is 5.84 Å². The van der Waals surface area contributed by atoms with Gasteiger partial charge < -0.3 is 21.2 Å². The van der Waals surface area contributed by atoms with Gasteiger partial charge in [0.15, 0.2) is 0 Å². The van der Waals surface area contributed by atoms with Gasteiger partial charge in [-0.25, -0.2) is 4.79 Å². The van der Waals surface area contributed by atoms with E-state index in [1.54, 1.807) is 4.90 Å². The van der Waals surface area contributed by atoms with Crippen molar-refractivity contribution in [1.82, 2.24) is 10.2 Å². The Labute approximate surface area is 114 Å². The highest BCUT2D eigenvalue weighted by atomic mass is 16.4. The van der Waals surface area contributed by atoms with Crippen molar-refractivity contribution in [2.24, 2.45) is 16.8 Å². The van der Waals surface area contributed by atoms with Crippen molar-refractivity contribution in [2.45, 2.75) is 51.0 Å². The van der Waals surface area contributed by atoms with E-state index in [-0.39, 0.29) is 17.8 Å². The van der Waals surface area contributed by atoms with Crippen LogP contribution in [0.25, 0.3) is 0 Å². The minimum atomic E-state index is -0.0177. The van der Waals surface area contributed by atoms with Gasteiger partial charge in [0.25, 0.3) is 0 Å². The summed E-state index contributed by atoms with van der Waals surface area (Å²) in [5, 5.41) is 14.9. The van der Waals surface area contributed by atoms with Crippen molar-refractivity contribution in [3.8, 4) is 0 Å². The van der Waals surface area contributed by atoms with E-state index >= 15 is 0 Å². The van der Waals surface area contributed by atoms with Crippen molar-refractivity contribution in [1.29, 1.82) is 0 Å². The first-order valence-corrected chi connectivity index (χ1v) is 7.23. The minimum absolute atomic E-state index is 0.00217. The first kappa shape index (κ1) is 14.0. The van der Waals surface area contributed by atoms with Crippen LogP contribution in [-0.2, 0) is 0 Å². The highest BCUT2D eigenvalue weighted by Gasteiger charge is 2.27. The lowest BCUT2D eigenvalue weighted by Gasteiger charge is -2.34. The van der Waals surface area contributed by atoms with E-state index in [9.17, 15) is 4.79 Å². The molecule has 6 nitrogen and oxygen atoms in total. The number of nitrogens with two attached hydrogens (primary N) is 1. The van der Waals surface area contributed by atoms with Gasteiger partial charge in [-0.05, 0) is 25.7 Å². The molecule has 0 spiro atoms. The second-order valence-electron chi connectivity index (χ2n) is 5.59. The standard InChI is InChI=1S/C13H24N4O2/c14-12(16-19)10-5-4-8-17(9-10)13(18)15-11-6-2-1-3-7-11/h10-11,19H,1-9H2,(H2,14,16)(H,15,18). The van der Waals surface area contributed by atoms with Crippen LogP contribution in [0.4, 0.5) is 4.79 Å². The molecule has 2 rings (SSSR count). The first-order valence-electron chi connectivity index (χ1n) is 7.23. The smallest absolute Gasteiger partial charge is 0.317 e. The fraction of sp³-hybridized carbons (Fsp3) is 0.846. The molecule has 0 aromatic carbocycles. The Morgan fingerprint density at radius 1 is 1.21 bits per heavy atom. The summed E-state index contributed by atoms with van der Waals surface area (Å²) >= 11 is 0. The summed E-state index contributed by atoms with van der Waals surface area (Å²) in [5.41, 5.74) is 5.64. The number of nitrogens with zero attached hydrogens (tertiary/aromatic N) is 2. The molecule has 0 aromatic heterocycles. The molecule has 4 N–H and O–H groups in total. The van der Waals surface area contributed by atoms with Gasteiger partial charge in [-0.2, -0.15) is 0 Å². The van der Waals surface area contributed by atoms with Crippen LogP contribution >= 0.6 is 0 Å². The van der Waals surface area contributed by atoms with Crippen LogP contribution in [0.2, 0.25) is 0 Å². The van der Waals surface area contributed by atoms with Crippen LogP contribution in [0.1, 0.15) is 44.9 Å². The summed E-state index contributed by atoms with van der Waals surface area (Å²) in [6.45, 7) is 1.31. The number of nitrogens with one attached hydrogen (secondary N) is 1. The summed E-state index contributed by atoms with van der Waals surface area (Å²) in [6, 6.07) is 0.327. The molecule has 1 unspecified atom stereocenters. The molecule has 0 radical (unpaired) electrons. The molecule has 2 fully saturated rings. The van der Waals surface area contributed by atoms with Crippen molar-refractivity contribution in [3.63, 3.8) is 0 Å². The zero-order valence-corrected chi connectivity index (χ0v) is 11.3. The van der Waals surface area contributed by atoms with Gasteiger partial charge >= 0.3 is 6.03 Å². The Kier molecular flexibility index (Phi) is 4.87. The zero-order chi connectivity index (χ0) is 13.7. The van der Waals surface area contributed by atoms with Crippen LogP contribution in [0.3, 0.4) is 0 Å². The maximum absolute atomic E-state index is 12.2. The van der Waals surface area contributed by atoms with E-state index in [2.05, 4.69) is 10.5 Å². The maximum atomic E-state index is 12.2. The Morgan fingerprint density at radius 2 is 1.95 bits per heavy atom. The van der Waals surface area contributed by atoms with Gasteiger partial charge in [0, 0.05) is 25.0 Å². The van der Waals surface area contributed by atoms with Crippen LogP contribution in [-0.4, -0.2) is 41.1 Å². The van der Waals surface area contributed by atoms with Crippen LogP contribution in [0.5, 0.6) is 0 Å². The molecule has 6 heteroatoms. The van der Waals surface area contributed by atoms with E-state index in [1.807, 2.05) is 0 Å². The third kappa shape index (κ3) is 3.75. The normalized spacial score (nSPS) is 26.2. The maximum Gasteiger partial charge on any atom is 0.317 e. The molecule has 0 bridgehead atoms. The fourth-order valence-electron chi connectivity index (χ4n) is 3.00. The van der Waals surface area contributed by atoms with E-state index in [0.717, 1.165) is 32.2 Å². The molecule has 1 atom stereocenters. The monoisotopic (exact) mass is 268 g/mol. The van der Waals surface area contributed by atoms with E-state index in [1.165, 1.54) is 19.3 Å². The number of carbonyl (C=O) groups excluding carboxylic acids is 1. The third-order valence-electron chi connectivity index (χ3n) is 4.18. The molecule has 1 aliphatic heterocycles. The van der Waals surface area contributed by atoms with E-state index in [4.69, 9.17) is 10.9 Å². The van der Waals surface area contributed by atoms with Crippen molar-refractivity contribution >= 4 is 11.9 Å². The summed E-state index contributed by atoms with van der Waals surface area (Å²) in [5.74, 6) is 0.214. The number of likely N-dealkylation sites (tertiary alicyclic amines) is 1. The minimum Gasteiger partial charge on any atom is -0.409 e. The van der Waals surface area contributed by atoms with Crippen LogP contribution < -0.4 is 11.1 Å². The molecule has 1 saturated heterocycles. The molecule has 2 aliphatic rings. The number of amides is 2. The van der Waals surface area contributed by atoms with Gasteiger partial charge in [-0.3, -0.25) is 0 Å². The van der Waals surface area contributed by atoms with Crippen LogP contribution in [0, 0.1) is 5.92 Å². The van der Waals surface area contributed by atoms with Crippen molar-refractivity contribution in [2.75, 3.05) is 13.1 Å². The molecular formula is C13H24N4O2. The average Bonchev–Trinajstić information content (AvgIpc) is 2.47. The molecule has 2 amide bonds. The van der Waals surface area contributed by atoms with Crippen molar-refractivity contribution < 1.29 is 10.0 Å². The number of oxime groups is 1. The van der Waals surface area contributed by atoms with Crippen LogP contribution in [0.15, 0.2) is 5.16 Å². The predicted molar refractivity (Wildman–Crippen MR) is 73.1 cm³/mol. The molecule has 0 aromatic rings. The largest absolute Gasteiger partial charge is 0.409 e. The van der Waals surface area contributed by atoms with Gasteiger partial charge in [0.2, 0.25) is 0 Å². The number of amidine groups is 1. The second kappa shape index (κ2) is 6.63. The molecular weight excluding hydrogens is 244 g/mol. The Hall–Kier alpha value is -1.46. The lowest BCUT2D eigenvalue weighted by atomic mass is 9.95. The summed E-state index contributed by atoms with van der Waals surface area (Å²) < 4.78 is 0. The van der Waals surface area contributed by atoms with Crippen molar-refractivity contribution in [3.05, 3.63) is 0 Å².